The molecule has 0 bridgehead atoms. The molecule has 0 amide bonds. The second-order valence-electron chi connectivity index (χ2n) is 1.16. The minimum atomic E-state index is -2.03. The molecule has 0 atom stereocenters. The van der Waals surface area contributed by atoms with Crippen molar-refractivity contribution in [3.63, 3.8) is 0 Å². The van der Waals surface area contributed by atoms with Crippen LogP contribution in [0.4, 0.5) is 0 Å². The molecule has 0 spiro atoms. The molecule has 0 aromatic heterocycles. The monoisotopic (exact) mass is 232 g/mol. The summed E-state index contributed by atoms with van der Waals surface area (Å²) in [6.45, 7) is 0. The summed E-state index contributed by atoms with van der Waals surface area (Å²) in [6, 6.07) is 0. The molecule has 0 unspecified atom stereocenters. The van der Waals surface area contributed by atoms with E-state index in [4.69, 9.17) is 6.80 Å². The third-order valence-corrected chi connectivity index (χ3v) is 0.655. The fraction of sp³-hybridized carbons (Fsp3) is 0.200. The summed E-state index contributed by atoms with van der Waals surface area (Å²) in [7, 11) is 0. The molecule has 0 aromatic rings. The number of rotatable bonds is 0. The molecule has 52 valence electrons. The van der Waals surface area contributed by atoms with Gasteiger partial charge in [-0.1, -0.05) is 24.3 Å². The predicted molar refractivity (Wildman–Crippen MR) is 31.5 cm³/mol. The van der Waals surface area contributed by atoms with Crippen molar-refractivity contribution in [2.45, 2.75) is 6.42 Å². The van der Waals surface area contributed by atoms with Crippen molar-refractivity contribution in [1.82, 2.24) is 0 Å². The van der Waals surface area contributed by atoms with Crippen LogP contribution in [0.3, 0.4) is 0 Å². The summed E-state index contributed by atoms with van der Waals surface area (Å²) in [4.78, 5) is 0. The first-order valence-electron chi connectivity index (χ1n) is 2.15. The van der Waals surface area contributed by atoms with Crippen LogP contribution in [0.25, 0.3) is 0 Å². The molecule has 9 heavy (non-hydrogen) atoms. The Kier molecular flexibility index (Phi) is 14.3. The van der Waals surface area contributed by atoms with E-state index in [2.05, 4.69) is 24.3 Å². The van der Waals surface area contributed by atoms with Crippen LogP contribution < -0.4 is 0 Å². The number of allylic oxidation sites excluding steroid dienone is 4. The first-order valence-corrected chi connectivity index (χ1v) is 3.79. The van der Waals surface area contributed by atoms with Gasteiger partial charge in [-0.25, -0.2) is 0 Å². The maximum atomic E-state index is 8.50. The molecule has 0 aromatic carbocycles. The van der Waals surface area contributed by atoms with Crippen molar-refractivity contribution >= 4 is 12.4 Å². The first kappa shape index (κ1) is 11.8. The molecule has 1 aliphatic rings. The van der Waals surface area contributed by atoms with Crippen molar-refractivity contribution in [3.05, 3.63) is 24.3 Å². The van der Waals surface area contributed by atoms with Gasteiger partial charge in [-0.3, -0.25) is 0 Å². The summed E-state index contributed by atoms with van der Waals surface area (Å²) in [5.74, 6) is 0. The Labute approximate surface area is 68.6 Å². The average Bonchev–Trinajstić information content (AvgIpc) is 2.17. The second kappa shape index (κ2) is 10.9. The molecule has 2 nitrogen and oxygen atoms in total. The van der Waals surface area contributed by atoms with Crippen LogP contribution in [0.5, 0.6) is 0 Å². The fourth-order valence-corrected chi connectivity index (χ4v) is 0.393. The minimum absolute atomic E-state index is 0. The van der Waals surface area contributed by atoms with Crippen molar-refractivity contribution in [2.75, 3.05) is 0 Å². The SMILES string of the molecule is C1=CCC=C1.Cl.[O]=[Mo]=[O]. The van der Waals surface area contributed by atoms with E-state index in [1.807, 2.05) is 0 Å². The Morgan fingerprint density at radius 1 is 1.11 bits per heavy atom. The Bertz CT molecular complexity index is 126. The van der Waals surface area contributed by atoms with Gasteiger partial charge in [0.2, 0.25) is 0 Å². The molecule has 0 aliphatic heterocycles. The number of hydrogen-bond acceptors (Lipinski definition) is 2. The zero-order valence-corrected chi connectivity index (χ0v) is 7.47. The van der Waals surface area contributed by atoms with Crippen molar-refractivity contribution < 1.29 is 25.3 Å². The molecule has 0 fully saturated rings. The second-order valence-corrected chi connectivity index (χ2v) is 1.49. The molecule has 0 N–H and O–H groups in total. The Morgan fingerprint density at radius 2 is 1.44 bits per heavy atom. The fourth-order valence-electron chi connectivity index (χ4n) is 0.393. The van der Waals surface area contributed by atoms with Gasteiger partial charge in [-0.15, -0.1) is 12.4 Å². The first-order chi connectivity index (χ1) is 3.91. The van der Waals surface area contributed by atoms with Crippen molar-refractivity contribution in [1.29, 1.82) is 0 Å². The van der Waals surface area contributed by atoms with Gasteiger partial charge in [-0.05, 0) is 6.42 Å². The van der Waals surface area contributed by atoms with E-state index in [1.165, 1.54) is 0 Å². The van der Waals surface area contributed by atoms with Crippen LogP contribution in [0.1, 0.15) is 6.42 Å². The van der Waals surface area contributed by atoms with E-state index < -0.39 is 18.5 Å². The molecular formula is C5H7ClMoO2. The van der Waals surface area contributed by atoms with E-state index in [-0.39, 0.29) is 12.4 Å². The van der Waals surface area contributed by atoms with E-state index in [1.54, 1.807) is 0 Å². The topological polar surface area (TPSA) is 34.1 Å². The molecule has 4 heteroatoms. The summed E-state index contributed by atoms with van der Waals surface area (Å²) in [5, 5.41) is 0. The van der Waals surface area contributed by atoms with Crippen LogP contribution in [0.2, 0.25) is 0 Å². The van der Waals surface area contributed by atoms with Crippen molar-refractivity contribution in [2.24, 2.45) is 0 Å². The maximum absolute atomic E-state index is 8.50. The van der Waals surface area contributed by atoms with E-state index in [0.29, 0.717) is 0 Å². The van der Waals surface area contributed by atoms with Gasteiger partial charge < -0.3 is 0 Å². The van der Waals surface area contributed by atoms with Gasteiger partial charge in [0.25, 0.3) is 0 Å². The molecule has 1 rings (SSSR count). The summed E-state index contributed by atoms with van der Waals surface area (Å²) >= 11 is -2.03. The van der Waals surface area contributed by atoms with Crippen LogP contribution >= 0.6 is 12.4 Å². The van der Waals surface area contributed by atoms with Crippen LogP contribution in [-0.4, -0.2) is 0 Å². The average molecular weight is 231 g/mol. The van der Waals surface area contributed by atoms with E-state index in [9.17, 15) is 0 Å². The van der Waals surface area contributed by atoms with E-state index in [0.717, 1.165) is 6.42 Å². The van der Waals surface area contributed by atoms with Crippen molar-refractivity contribution in [3.8, 4) is 0 Å². The Morgan fingerprint density at radius 3 is 1.56 bits per heavy atom. The van der Waals surface area contributed by atoms with Crippen LogP contribution in [0, 0.1) is 0 Å². The van der Waals surface area contributed by atoms with Gasteiger partial charge in [0.05, 0.1) is 0 Å². The number of halogens is 1. The molecule has 1 aliphatic carbocycles. The summed E-state index contributed by atoms with van der Waals surface area (Å²) in [5.41, 5.74) is 0. The zero-order chi connectivity index (χ0) is 6.24. The molecule has 0 saturated carbocycles. The third-order valence-electron chi connectivity index (χ3n) is 0.655. The molecule has 0 radical (unpaired) electrons. The van der Waals surface area contributed by atoms with E-state index >= 15 is 0 Å². The van der Waals surface area contributed by atoms with Crippen LogP contribution in [0.15, 0.2) is 24.3 Å². The zero-order valence-electron chi connectivity index (χ0n) is 4.65. The number of hydrogen-bond donors (Lipinski definition) is 0. The quantitative estimate of drug-likeness (QED) is 0.594. The van der Waals surface area contributed by atoms with Gasteiger partial charge in [0.15, 0.2) is 0 Å². The molecular weight excluding hydrogens is 223 g/mol. The summed E-state index contributed by atoms with van der Waals surface area (Å²) in [6.07, 6.45) is 9.50. The van der Waals surface area contributed by atoms with Gasteiger partial charge in [0.1, 0.15) is 0 Å². The molecule has 0 heterocycles. The van der Waals surface area contributed by atoms with Crippen LogP contribution in [-0.2, 0) is 25.3 Å². The van der Waals surface area contributed by atoms with Gasteiger partial charge in [0, 0.05) is 0 Å². The van der Waals surface area contributed by atoms with Gasteiger partial charge >= 0.3 is 25.3 Å². The Hall–Kier alpha value is 0.0583. The Balaban J connectivity index is 0. The predicted octanol–water partition coefficient (Wildman–Crippen LogP) is 1.68. The summed E-state index contributed by atoms with van der Waals surface area (Å²) < 4.78 is 17.0. The molecule has 0 saturated heterocycles. The third kappa shape index (κ3) is 11.6. The van der Waals surface area contributed by atoms with Gasteiger partial charge in [-0.2, -0.15) is 0 Å². The normalized spacial score (nSPS) is 11.1. The standard InChI is InChI=1S/C5H6.ClH.Mo.2O/c1-2-4-5-3-1;;;;/h1-4H,5H2;1H;;;.